The van der Waals surface area contributed by atoms with E-state index in [-0.39, 0.29) is 5.69 Å². The number of rotatable bonds is 0. The molecule has 0 aliphatic carbocycles. The van der Waals surface area contributed by atoms with Crippen LogP contribution in [0.5, 0.6) is 0 Å². The number of anilines is 1. The number of aryl methyl sites for hydroxylation is 1. The van der Waals surface area contributed by atoms with Gasteiger partial charge in [0, 0.05) is 13.0 Å². The average Bonchev–Trinajstić information content (AvgIpc) is 1.94. The maximum atomic E-state index is 12.2. The van der Waals surface area contributed by atoms with E-state index in [0.717, 1.165) is 6.07 Å². The highest BCUT2D eigenvalue weighted by atomic mass is 19.4. The van der Waals surface area contributed by atoms with Gasteiger partial charge in [0.1, 0.15) is 5.69 Å². The topological polar surface area (TPSA) is 53.0 Å². The SMILES string of the molecule is Cc1cc(C(F)(F)F)c(N)c[n+]1[O-]. The van der Waals surface area contributed by atoms with Crippen LogP contribution in [0.25, 0.3) is 0 Å². The zero-order chi connectivity index (χ0) is 10.2. The molecule has 1 aromatic rings. The highest BCUT2D eigenvalue weighted by Gasteiger charge is 2.34. The second kappa shape index (κ2) is 2.79. The summed E-state index contributed by atoms with van der Waals surface area (Å²) in [6, 6.07) is 0.725. The highest BCUT2D eigenvalue weighted by Crippen LogP contribution is 2.32. The number of aromatic nitrogens is 1. The first-order valence-electron chi connectivity index (χ1n) is 3.39. The van der Waals surface area contributed by atoms with Gasteiger partial charge in [0.25, 0.3) is 0 Å². The van der Waals surface area contributed by atoms with Gasteiger partial charge < -0.3 is 10.9 Å². The molecule has 0 bridgehead atoms. The molecule has 0 radical (unpaired) electrons. The van der Waals surface area contributed by atoms with Gasteiger partial charge in [-0.05, 0) is 0 Å². The molecule has 3 nitrogen and oxygen atoms in total. The van der Waals surface area contributed by atoms with Gasteiger partial charge >= 0.3 is 6.18 Å². The Kier molecular flexibility index (Phi) is 2.07. The molecule has 0 saturated heterocycles. The van der Waals surface area contributed by atoms with Crippen molar-refractivity contribution in [2.75, 3.05) is 5.73 Å². The molecule has 0 unspecified atom stereocenters. The van der Waals surface area contributed by atoms with E-state index in [4.69, 9.17) is 5.73 Å². The third kappa shape index (κ3) is 1.82. The second-order valence-corrected chi connectivity index (χ2v) is 2.61. The first-order valence-corrected chi connectivity index (χ1v) is 3.39. The van der Waals surface area contributed by atoms with Gasteiger partial charge in [-0.1, -0.05) is 0 Å². The standard InChI is InChI=1S/C7H7F3N2O/c1-4-2-5(7(8,9)10)6(11)3-12(4)13/h2-3H,11H2,1H3. The van der Waals surface area contributed by atoms with E-state index in [1.807, 2.05) is 0 Å². The quantitative estimate of drug-likeness (QED) is 0.496. The van der Waals surface area contributed by atoms with E-state index >= 15 is 0 Å². The second-order valence-electron chi connectivity index (χ2n) is 2.61. The normalized spacial score (nSPS) is 11.7. The largest absolute Gasteiger partial charge is 0.618 e. The predicted octanol–water partition coefficient (Wildman–Crippen LogP) is 1.23. The summed E-state index contributed by atoms with van der Waals surface area (Å²) in [5.41, 5.74) is 3.46. The minimum absolute atomic E-state index is 0.0403. The number of pyridine rings is 1. The molecule has 0 spiro atoms. The molecule has 1 aromatic heterocycles. The van der Waals surface area contributed by atoms with Crippen LogP contribution in [0.2, 0.25) is 0 Å². The summed E-state index contributed by atoms with van der Waals surface area (Å²) in [5.74, 6) is 0. The molecule has 0 atom stereocenters. The highest BCUT2D eigenvalue weighted by molar-refractivity contribution is 5.45. The van der Waals surface area contributed by atoms with Crippen molar-refractivity contribution in [3.05, 3.63) is 28.7 Å². The van der Waals surface area contributed by atoms with Gasteiger partial charge in [-0.3, -0.25) is 0 Å². The Morgan fingerprint density at radius 1 is 1.46 bits per heavy atom. The summed E-state index contributed by atoms with van der Waals surface area (Å²) >= 11 is 0. The lowest BCUT2D eigenvalue weighted by atomic mass is 10.2. The minimum Gasteiger partial charge on any atom is -0.618 e. The van der Waals surface area contributed by atoms with Crippen molar-refractivity contribution >= 4 is 5.69 Å². The van der Waals surface area contributed by atoms with E-state index in [0.29, 0.717) is 10.9 Å². The van der Waals surface area contributed by atoms with Crippen LogP contribution in [0.1, 0.15) is 11.3 Å². The molecule has 6 heteroatoms. The third-order valence-corrected chi connectivity index (χ3v) is 1.57. The van der Waals surface area contributed by atoms with Crippen molar-refractivity contribution in [3.8, 4) is 0 Å². The number of alkyl halides is 3. The van der Waals surface area contributed by atoms with Crippen LogP contribution in [0, 0.1) is 12.1 Å². The number of nitrogen functional groups attached to an aromatic ring is 1. The van der Waals surface area contributed by atoms with Crippen LogP contribution in [0.3, 0.4) is 0 Å². The van der Waals surface area contributed by atoms with E-state index in [1.165, 1.54) is 6.92 Å². The number of halogens is 3. The molecule has 0 fully saturated rings. The van der Waals surface area contributed by atoms with Crippen molar-refractivity contribution in [1.29, 1.82) is 0 Å². The van der Waals surface area contributed by atoms with Crippen molar-refractivity contribution in [1.82, 2.24) is 0 Å². The lowest BCUT2D eigenvalue weighted by Crippen LogP contribution is -2.31. The molecule has 72 valence electrons. The number of nitrogens with two attached hydrogens (primary N) is 1. The molecule has 0 aliphatic rings. The van der Waals surface area contributed by atoms with Crippen molar-refractivity contribution in [3.63, 3.8) is 0 Å². The van der Waals surface area contributed by atoms with Gasteiger partial charge in [0.05, 0.1) is 5.56 Å². The Labute approximate surface area is 72.2 Å². The molecule has 1 heterocycles. The summed E-state index contributed by atoms with van der Waals surface area (Å²) in [5, 5.41) is 10.8. The fourth-order valence-corrected chi connectivity index (χ4v) is 0.899. The van der Waals surface area contributed by atoms with Crippen molar-refractivity contribution in [2.45, 2.75) is 13.1 Å². The Bertz CT molecular complexity index is 335. The van der Waals surface area contributed by atoms with Crippen LogP contribution in [0.4, 0.5) is 18.9 Å². The zero-order valence-corrected chi connectivity index (χ0v) is 6.72. The van der Waals surface area contributed by atoms with Gasteiger partial charge in [-0.2, -0.15) is 17.9 Å². The van der Waals surface area contributed by atoms with Crippen LogP contribution in [-0.4, -0.2) is 0 Å². The molecule has 13 heavy (non-hydrogen) atoms. The average molecular weight is 192 g/mol. The molecule has 1 rings (SSSR count). The summed E-state index contributed by atoms with van der Waals surface area (Å²) in [6.07, 6.45) is -3.80. The summed E-state index contributed by atoms with van der Waals surface area (Å²) < 4.78 is 36.8. The maximum Gasteiger partial charge on any atom is 0.418 e. The van der Waals surface area contributed by atoms with E-state index in [9.17, 15) is 18.4 Å². The van der Waals surface area contributed by atoms with Crippen molar-refractivity contribution in [2.24, 2.45) is 0 Å². The summed E-state index contributed by atoms with van der Waals surface area (Å²) in [7, 11) is 0. The van der Waals surface area contributed by atoms with Crippen LogP contribution >= 0.6 is 0 Å². The minimum atomic E-state index is -4.51. The monoisotopic (exact) mass is 192 g/mol. The Morgan fingerprint density at radius 3 is 2.46 bits per heavy atom. The first kappa shape index (κ1) is 9.63. The smallest absolute Gasteiger partial charge is 0.418 e. The van der Waals surface area contributed by atoms with E-state index in [2.05, 4.69) is 0 Å². The Morgan fingerprint density at radius 2 is 2.00 bits per heavy atom. The molecular formula is C7H7F3N2O. The van der Waals surface area contributed by atoms with E-state index < -0.39 is 17.4 Å². The Hall–Kier alpha value is -1.46. The van der Waals surface area contributed by atoms with Crippen LogP contribution < -0.4 is 10.5 Å². The predicted molar refractivity (Wildman–Crippen MR) is 39.6 cm³/mol. The summed E-state index contributed by atoms with van der Waals surface area (Å²) in [4.78, 5) is 0. The third-order valence-electron chi connectivity index (χ3n) is 1.57. The van der Waals surface area contributed by atoms with E-state index in [1.54, 1.807) is 0 Å². The maximum absolute atomic E-state index is 12.2. The van der Waals surface area contributed by atoms with Crippen LogP contribution in [-0.2, 0) is 6.18 Å². The number of hydrogen-bond acceptors (Lipinski definition) is 2. The number of hydrogen-bond donors (Lipinski definition) is 1. The molecule has 0 aliphatic heterocycles. The van der Waals surface area contributed by atoms with Gasteiger partial charge in [0.15, 0.2) is 5.69 Å². The molecule has 2 N–H and O–H groups in total. The molecule has 0 amide bonds. The zero-order valence-electron chi connectivity index (χ0n) is 6.72. The Balaban J connectivity index is 3.32. The lowest BCUT2D eigenvalue weighted by molar-refractivity contribution is -0.611. The lowest BCUT2D eigenvalue weighted by Gasteiger charge is -2.10. The molecule has 0 saturated carbocycles. The van der Waals surface area contributed by atoms with Gasteiger partial charge in [-0.15, -0.1) is 0 Å². The summed E-state index contributed by atoms with van der Waals surface area (Å²) in [6.45, 7) is 1.28. The molecule has 0 aromatic carbocycles. The van der Waals surface area contributed by atoms with Gasteiger partial charge in [0.2, 0.25) is 6.20 Å². The first-order chi connectivity index (χ1) is 5.82. The van der Waals surface area contributed by atoms with Crippen LogP contribution in [0.15, 0.2) is 12.3 Å². The fourth-order valence-electron chi connectivity index (χ4n) is 0.899. The number of nitrogens with zero attached hydrogens (tertiary/aromatic N) is 1. The fraction of sp³-hybridized carbons (Fsp3) is 0.286. The van der Waals surface area contributed by atoms with Gasteiger partial charge in [-0.25, -0.2) is 0 Å². The van der Waals surface area contributed by atoms with Crippen molar-refractivity contribution < 1.29 is 17.9 Å². The molecular weight excluding hydrogens is 185 g/mol.